The number of rotatable bonds is 5. The highest BCUT2D eigenvalue weighted by Gasteiger charge is 2.09. The second-order valence-corrected chi connectivity index (χ2v) is 3.26. The van der Waals surface area contributed by atoms with Gasteiger partial charge in [0.15, 0.2) is 0 Å². The van der Waals surface area contributed by atoms with E-state index in [9.17, 15) is 9.59 Å². The lowest BCUT2D eigenvalue weighted by molar-refractivity contribution is -0.137. The number of aliphatic carboxylic acids is 1. The molecule has 0 saturated heterocycles. The maximum atomic E-state index is 11.4. The van der Waals surface area contributed by atoms with Crippen LogP contribution in [0.1, 0.15) is 0 Å². The normalized spacial score (nSPS) is 10.3. The predicted molar refractivity (Wildman–Crippen MR) is 64.4 cm³/mol. The number of nitriles is 1. The number of hydrogen-bond donors (Lipinski definition) is 3. The van der Waals surface area contributed by atoms with Gasteiger partial charge in [-0.15, -0.1) is 0 Å². The predicted octanol–water partition coefficient (Wildman–Crippen LogP) is 0.707. The molecular weight excluding hydrogens is 234 g/mol. The molecule has 0 unspecified atom stereocenters. The van der Waals surface area contributed by atoms with Crippen molar-refractivity contribution in [2.24, 2.45) is 0 Å². The lowest BCUT2D eigenvalue weighted by Gasteiger charge is -2.02. The Hall–Kier alpha value is -2.81. The lowest BCUT2D eigenvalue weighted by Crippen LogP contribution is -2.30. The number of hydrogen-bond acceptors (Lipinski definition) is 4. The molecule has 0 fully saturated rings. The summed E-state index contributed by atoms with van der Waals surface area (Å²) in [6, 6.07) is 10.6. The fourth-order valence-corrected chi connectivity index (χ4v) is 1.09. The third kappa shape index (κ3) is 4.37. The molecule has 1 aromatic rings. The van der Waals surface area contributed by atoms with E-state index in [1.165, 1.54) is 6.20 Å². The first kappa shape index (κ1) is 13.3. The summed E-state index contributed by atoms with van der Waals surface area (Å²) >= 11 is 0. The molecule has 3 N–H and O–H groups in total. The minimum absolute atomic E-state index is 0.194. The van der Waals surface area contributed by atoms with E-state index in [-0.39, 0.29) is 5.57 Å². The molecule has 0 radical (unpaired) electrons. The molecule has 0 aromatic heterocycles. The van der Waals surface area contributed by atoms with Crippen molar-refractivity contribution in [1.82, 2.24) is 5.32 Å². The van der Waals surface area contributed by atoms with Crippen LogP contribution in [0.15, 0.2) is 42.1 Å². The van der Waals surface area contributed by atoms with Crippen LogP contribution in [0.5, 0.6) is 0 Å². The van der Waals surface area contributed by atoms with Crippen LogP contribution >= 0.6 is 0 Å². The van der Waals surface area contributed by atoms with Crippen LogP contribution in [0.25, 0.3) is 0 Å². The molecule has 0 bridgehead atoms. The number of carboxylic acid groups (broad SMARTS) is 1. The van der Waals surface area contributed by atoms with Gasteiger partial charge in [0.2, 0.25) is 0 Å². The number of nitrogens with zero attached hydrogens (tertiary/aromatic N) is 1. The van der Waals surface area contributed by atoms with E-state index >= 15 is 0 Å². The molecule has 0 saturated carbocycles. The smallest absolute Gasteiger partial charge is 0.322 e. The van der Waals surface area contributed by atoms with Crippen LogP contribution in [-0.2, 0) is 9.59 Å². The Bertz CT molecular complexity index is 503. The van der Waals surface area contributed by atoms with E-state index in [1.54, 1.807) is 30.3 Å². The quantitative estimate of drug-likeness (QED) is 0.523. The molecule has 0 spiro atoms. The molecule has 6 heteroatoms. The van der Waals surface area contributed by atoms with Crippen LogP contribution in [0, 0.1) is 11.3 Å². The average Bonchev–Trinajstić information content (AvgIpc) is 2.38. The minimum atomic E-state index is -1.17. The van der Waals surface area contributed by atoms with Gasteiger partial charge in [0.1, 0.15) is 18.2 Å². The fraction of sp³-hybridized carbons (Fsp3) is 0.0833. The first-order chi connectivity index (χ1) is 8.63. The van der Waals surface area contributed by atoms with E-state index < -0.39 is 18.4 Å². The van der Waals surface area contributed by atoms with E-state index in [0.717, 1.165) is 5.69 Å². The van der Waals surface area contributed by atoms with Crippen LogP contribution in [0.4, 0.5) is 5.69 Å². The summed E-state index contributed by atoms with van der Waals surface area (Å²) in [4.78, 5) is 21.7. The average molecular weight is 245 g/mol. The Morgan fingerprint density at radius 3 is 2.56 bits per heavy atom. The SMILES string of the molecule is N#C/C(=C/Nc1ccccc1)C(=O)NCC(=O)O. The second-order valence-electron chi connectivity index (χ2n) is 3.26. The molecule has 6 nitrogen and oxygen atoms in total. The summed E-state index contributed by atoms with van der Waals surface area (Å²) in [6.45, 7) is -0.525. The van der Waals surface area contributed by atoms with Gasteiger partial charge in [-0.25, -0.2) is 0 Å². The zero-order valence-electron chi connectivity index (χ0n) is 9.38. The Kier molecular flexibility index (Phi) is 4.94. The third-order valence-corrected chi connectivity index (χ3v) is 1.92. The van der Waals surface area contributed by atoms with Crippen LogP contribution < -0.4 is 10.6 Å². The molecule has 0 aliphatic carbocycles. The Labute approximate surface area is 104 Å². The van der Waals surface area contributed by atoms with Crippen molar-refractivity contribution in [3.63, 3.8) is 0 Å². The largest absolute Gasteiger partial charge is 0.480 e. The maximum Gasteiger partial charge on any atom is 0.322 e. The number of carbonyl (C=O) groups excluding carboxylic acids is 1. The zero-order chi connectivity index (χ0) is 13.4. The van der Waals surface area contributed by atoms with Crippen LogP contribution in [-0.4, -0.2) is 23.5 Å². The van der Waals surface area contributed by atoms with E-state index in [4.69, 9.17) is 10.4 Å². The van der Waals surface area contributed by atoms with Gasteiger partial charge in [-0.2, -0.15) is 5.26 Å². The molecule has 18 heavy (non-hydrogen) atoms. The number of benzene rings is 1. The maximum absolute atomic E-state index is 11.4. The third-order valence-electron chi connectivity index (χ3n) is 1.92. The highest BCUT2D eigenvalue weighted by Crippen LogP contribution is 2.05. The number of para-hydroxylation sites is 1. The number of carbonyl (C=O) groups is 2. The van der Waals surface area contributed by atoms with Gasteiger partial charge in [-0.1, -0.05) is 18.2 Å². The van der Waals surface area contributed by atoms with Gasteiger partial charge in [-0.05, 0) is 12.1 Å². The van der Waals surface area contributed by atoms with Crippen LogP contribution in [0.3, 0.4) is 0 Å². The van der Waals surface area contributed by atoms with Gasteiger partial charge in [0, 0.05) is 11.9 Å². The summed E-state index contributed by atoms with van der Waals surface area (Å²) in [5, 5.41) is 22.0. The van der Waals surface area contributed by atoms with Crippen molar-refractivity contribution in [3.05, 3.63) is 42.1 Å². The molecule has 0 atom stereocenters. The Balaban J connectivity index is 2.63. The van der Waals surface area contributed by atoms with Crippen molar-refractivity contribution in [2.45, 2.75) is 0 Å². The highest BCUT2D eigenvalue weighted by molar-refractivity contribution is 5.98. The number of nitrogens with one attached hydrogen (secondary N) is 2. The monoisotopic (exact) mass is 245 g/mol. The van der Waals surface area contributed by atoms with Crippen molar-refractivity contribution in [2.75, 3.05) is 11.9 Å². The van der Waals surface area contributed by atoms with Gasteiger partial charge < -0.3 is 15.7 Å². The van der Waals surface area contributed by atoms with Gasteiger partial charge in [-0.3, -0.25) is 9.59 Å². The number of carboxylic acids is 1. The first-order valence-corrected chi connectivity index (χ1v) is 5.05. The number of amides is 1. The highest BCUT2D eigenvalue weighted by atomic mass is 16.4. The number of anilines is 1. The molecule has 1 aromatic carbocycles. The molecule has 1 amide bonds. The molecule has 0 heterocycles. The summed E-state index contributed by atoms with van der Waals surface area (Å²) < 4.78 is 0. The topological polar surface area (TPSA) is 102 Å². The minimum Gasteiger partial charge on any atom is -0.480 e. The molecule has 0 aliphatic heterocycles. The van der Waals surface area contributed by atoms with Crippen molar-refractivity contribution in [3.8, 4) is 6.07 Å². The first-order valence-electron chi connectivity index (χ1n) is 5.05. The van der Waals surface area contributed by atoms with Crippen LogP contribution in [0.2, 0.25) is 0 Å². The summed E-state index contributed by atoms with van der Waals surface area (Å²) in [7, 11) is 0. The molecule has 1 rings (SSSR count). The Morgan fingerprint density at radius 1 is 1.33 bits per heavy atom. The zero-order valence-corrected chi connectivity index (χ0v) is 9.38. The van der Waals surface area contributed by atoms with Gasteiger partial charge in [0.25, 0.3) is 5.91 Å². The standard InChI is InChI=1S/C12H11N3O3/c13-6-9(12(18)15-8-11(16)17)7-14-10-4-2-1-3-5-10/h1-5,7,14H,8H2,(H,15,18)(H,16,17)/b9-7-. The summed E-state index contributed by atoms with van der Waals surface area (Å²) in [5.74, 6) is -1.90. The van der Waals surface area contributed by atoms with Gasteiger partial charge >= 0.3 is 5.97 Å². The van der Waals surface area contributed by atoms with Crippen molar-refractivity contribution >= 4 is 17.6 Å². The summed E-state index contributed by atoms with van der Waals surface area (Å²) in [6.07, 6.45) is 1.23. The Morgan fingerprint density at radius 2 is 2.00 bits per heavy atom. The summed E-state index contributed by atoms with van der Waals surface area (Å²) in [5.41, 5.74) is 0.524. The van der Waals surface area contributed by atoms with Gasteiger partial charge in [0.05, 0.1) is 0 Å². The van der Waals surface area contributed by atoms with Crippen molar-refractivity contribution < 1.29 is 14.7 Å². The molecule has 0 aliphatic rings. The van der Waals surface area contributed by atoms with Crippen molar-refractivity contribution in [1.29, 1.82) is 5.26 Å². The fourth-order valence-electron chi connectivity index (χ4n) is 1.09. The van der Waals surface area contributed by atoms with E-state index in [1.807, 2.05) is 6.07 Å². The molecule has 92 valence electrons. The van der Waals surface area contributed by atoms with E-state index in [0.29, 0.717) is 0 Å². The molecular formula is C12H11N3O3. The van der Waals surface area contributed by atoms with E-state index in [2.05, 4.69) is 10.6 Å². The lowest BCUT2D eigenvalue weighted by atomic mass is 10.3. The second kappa shape index (κ2) is 6.70.